The molecule has 4 atom stereocenters. The zero-order valence-electron chi connectivity index (χ0n) is 12.5. The minimum absolute atomic E-state index is 0.0393. The summed E-state index contributed by atoms with van der Waals surface area (Å²) in [5, 5.41) is 0.824. The largest absolute Gasteiger partial charge is 0.373 e. The van der Waals surface area contributed by atoms with Crippen molar-refractivity contribution in [1.29, 1.82) is 0 Å². The lowest BCUT2D eigenvalue weighted by Gasteiger charge is -2.29. The van der Waals surface area contributed by atoms with Crippen molar-refractivity contribution in [3.63, 3.8) is 0 Å². The van der Waals surface area contributed by atoms with Gasteiger partial charge in [0.15, 0.2) is 0 Å². The van der Waals surface area contributed by atoms with E-state index in [2.05, 4.69) is 24.1 Å². The highest BCUT2D eigenvalue weighted by Crippen LogP contribution is 2.48. The highest BCUT2D eigenvalue weighted by Gasteiger charge is 2.39. The number of halogens is 1. The van der Waals surface area contributed by atoms with E-state index in [4.69, 9.17) is 17.3 Å². The van der Waals surface area contributed by atoms with Gasteiger partial charge in [-0.2, -0.15) is 0 Å². The molecule has 110 valence electrons. The van der Waals surface area contributed by atoms with Crippen LogP contribution in [-0.4, -0.2) is 13.6 Å². The van der Waals surface area contributed by atoms with E-state index in [1.807, 2.05) is 13.0 Å². The first kappa shape index (κ1) is 14.2. The van der Waals surface area contributed by atoms with Gasteiger partial charge in [0, 0.05) is 19.6 Å². The third-order valence-electron chi connectivity index (χ3n) is 5.30. The molecular weight excluding hydrogens is 268 g/mol. The van der Waals surface area contributed by atoms with E-state index in [0.29, 0.717) is 0 Å². The number of nitrogens with two attached hydrogens (primary N) is 1. The molecule has 0 heterocycles. The van der Waals surface area contributed by atoms with Crippen LogP contribution in [0.4, 0.5) is 5.69 Å². The third-order valence-corrected chi connectivity index (χ3v) is 5.60. The van der Waals surface area contributed by atoms with Crippen LogP contribution in [0.5, 0.6) is 0 Å². The summed E-state index contributed by atoms with van der Waals surface area (Å²) in [5.74, 6) is 2.84. The first-order chi connectivity index (χ1) is 9.54. The fourth-order valence-corrected chi connectivity index (χ4v) is 4.50. The predicted octanol–water partition coefficient (Wildman–Crippen LogP) is 4.23. The fourth-order valence-electron chi connectivity index (χ4n) is 4.17. The minimum Gasteiger partial charge on any atom is -0.373 e. The summed E-state index contributed by atoms with van der Waals surface area (Å²) >= 11 is 6.44. The molecule has 1 aromatic rings. The smallest absolute Gasteiger partial charge is 0.0642 e. The average molecular weight is 293 g/mol. The van der Waals surface area contributed by atoms with Gasteiger partial charge in [-0.1, -0.05) is 24.1 Å². The fraction of sp³-hybridized carbons (Fsp3) is 0.647. The Balaban J connectivity index is 1.69. The standard InChI is InChI=1S/C17H25ClN2/c1-11(19)13-5-6-17(16(18)9-13)20(2)10-15-8-12-3-4-14(15)7-12/h5-6,9,11-12,14-15H,3-4,7-8,10,19H2,1-2H3/t11-,12?,14?,15?/m0/s1. The van der Waals surface area contributed by atoms with Crippen molar-refractivity contribution < 1.29 is 0 Å². The predicted molar refractivity (Wildman–Crippen MR) is 86.3 cm³/mol. The number of hydrogen-bond acceptors (Lipinski definition) is 2. The van der Waals surface area contributed by atoms with Gasteiger partial charge in [-0.3, -0.25) is 0 Å². The van der Waals surface area contributed by atoms with Gasteiger partial charge in [0.25, 0.3) is 0 Å². The van der Waals surface area contributed by atoms with Crippen LogP contribution in [0.2, 0.25) is 5.02 Å². The van der Waals surface area contributed by atoms with E-state index in [-0.39, 0.29) is 6.04 Å². The van der Waals surface area contributed by atoms with Gasteiger partial charge in [0.1, 0.15) is 0 Å². The molecule has 0 aliphatic heterocycles. The summed E-state index contributed by atoms with van der Waals surface area (Å²) in [5.41, 5.74) is 8.15. The molecular formula is C17H25ClN2. The second-order valence-corrected chi connectivity index (χ2v) is 7.22. The van der Waals surface area contributed by atoms with Crippen LogP contribution in [0, 0.1) is 17.8 Å². The van der Waals surface area contributed by atoms with Gasteiger partial charge in [-0.05, 0) is 61.6 Å². The van der Waals surface area contributed by atoms with E-state index < -0.39 is 0 Å². The normalized spacial score (nSPS) is 29.7. The summed E-state index contributed by atoms with van der Waals surface area (Å²) in [7, 11) is 2.17. The van der Waals surface area contributed by atoms with Crippen LogP contribution in [0.3, 0.4) is 0 Å². The zero-order chi connectivity index (χ0) is 14.3. The summed E-state index contributed by atoms with van der Waals surface area (Å²) < 4.78 is 0. The number of fused-ring (bicyclic) bond motifs is 2. The number of hydrogen-bond donors (Lipinski definition) is 1. The molecule has 3 unspecified atom stereocenters. The maximum absolute atomic E-state index is 6.44. The molecule has 2 aliphatic carbocycles. The molecule has 3 rings (SSSR count). The maximum Gasteiger partial charge on any atom is 0.0642 e. The van der Waals surface area contributed by atoms with Gasteiger partial charge in [-0.15, -0.1) is 0 Å². The molecule has 0 amide bonds. The van der Waals surface area contributed by atoms with E-state index in [1.54, 1.807) is 0 Å². The Kier molecular flexibility index (Phi) is 3.96. The molecule has 2 N–H and O–H groups in total. The molecule has 0 radical (unpaired) electrons. The van der Waals surface area contributed by atoms with Crippen molar-refractivity contribution in [2.45, 2.75) is 38.6 Å². The molecule has 0 spiro atoms. The molecule has 2 fully saturated rings. The van der Waals surface area contributed by atoms with Gasteiger partial charge in [0.05, 0.1) is 10.7 Å². The van der Waals surface area contributed by atoms with Crippen molar-refractivity contribution in [3.05, 3.63) is 28.8 Å². The average Bonchev–Trinajstić information content (AvgIpc) is 3.00. The van der Waals surface area contributed by atoms with E-state index in [1.165, 1.54) is 25.7 Å². The summed E-state index contributed by atoms with van der Waals surface area (Å²) in [6.45, 7) is 3.13. The molecule has 0 aromatic heterocycles. The lowest BCUT2D eigenvalue weighted by atomic mass is 9.88. The molecule has 1 aromatic carbocycles. The molecule has 2 saturated carbocycles. The van der Waals surface area contributed by atoms with Crippen LogP contribution < -0.4 is 10.6 Å². The Morgan fingerprint density at radius 3 is 2.70 bits per heavy atom. The molecule has 20 heavy (non-hydrogen) atoms. The first-order valence-electron chi connectivity index (χ1n) is 7.80. The summed E-state index contributed by atoms with van der Waals surface area (Å²) in [6.07, 6.45) is 5.80. The minimum atomic E-state index is 0.0393. The van der Waals surface area contributed by atoms with Gasteiger partial charge < -0.3 is 10.6 Å². The highest BCUT2D eigenvalue weighted by atomic mass is 35.5. The van der Waals surface area contributed by atoms with E-state index in [9.17, 15) is 0 Å². The summed E-state index contributed by atoms with van der Waals surface area (Å²) in [4.78, 5) is 2.33. The monoisotopic (exact) mass is 292 g/mol. The SMILES string of the molecule is C[C@H](N)c1ccc(N(C)CC2CC3CCC2C3)c(Cl)c1. The van der Waals surface area contributed by atoms with E-state index >= 15 is 0 Å². The summed E-state index contributed by atoms with van der Waals surface area (Å²) in [6, 6.07) is 6.27. The Morgan fingerprint density at radius 1 is 1.35 bits per heavy atom. The van der Waals surface area contributed by atoms with Crippen molar-refractivity contribution >= 4 is 17.3 Å². The second-order valence-electron chi connectivity index (χ2n) is 6.81. The Hall–Kier alpha value is -0.730. The van der Waals surface area contributed by atoms with Crippen LogP contribution in [0.25, 0.3) is 0 Å². The van der Waals surface area contributed by atoms with Gasteiger partial charge >= 0.3 is 0 Å². The topological polar surface area (TPSA) is 29.3 Å². The quantitative estimate of drug-likeness (QED) is 0.900. The van der Waals surface area contributed by atoms with E-state index in [0.717, 1.165) is 40.6 Å². The number of rotatable bonds is 4. The first-order valence-corrected chi connectivity index (χ1v) is 8.18. The molecule has 3 heteroatoms. The van der Waals surface area contributed by atoms with Crippen LogP contribution in [-0.2, 0) is 0 Å². The number of benzene rings is 1. The molecule has 2 aliphatic rings. The van der Waals surface area contributed by atoms with Crippen LogP contribution >= 0.6 is 11.6 Å². The molecule has 2 bridgehead atoms. The Bertz CT molecular complexity index is 486. The molecule has 2 nitrogen and oxygen atoms in total. The third kappa shape index (κ3) is 2.68. The van der Waals surface area contributed by atoms with Crippen molar-refractivity contribution in [1.82, 2.24) is 0 Å². The Labute approximate surface area is 127 Å². The Morgan fingerprint density at radius 2 is 2.15 bits per heavy atom. The molecule has 0 saturated heterocycles. The van der Waals surface area contributed by atoms with Gasteiger partial charge in [-0.25, -0.2) is 0 Å². The lowest BCUT2D eigenvalue weighted by Crippen LogP contribution is -2.28. The van der Waals surface area contributed by atoms with Crippen molar-refractivity contribution in [2.24, 2.45) is 23.5 Å². The van der Waals surface area contributed by atoms with Crippen molar-refractivity contribution in [3.8, 4) is 0 Å². The number of nitrogens with zero attached hydrogens (tertiary/aromatic N) is 1. The second kappa shape index (κ2) is 5.57. The maximum atomic E-state index is 6.44. The van der Waals surface area contributed by atoms with Crippen LogP contribution in [0.1, 0.15) is 44.2 Å². The van der Waals surface area contributed by atoms with Crippen molar-refractivity contribution in [2.75, 3.05) is 18.5 Å². The number of anilines is 1. The highest BCUT2D eigenvalue weighted by molar-refractivity contribution is 6.33. The van der Waals surface area contributed by atoms with Crippen LogP contribution in [0.15, 0.2) is 18.2 Å². The zero-order valence-corrected chi connectivity index (χ0v) is 13.2. The van der Waals surface area contributed by atoms with Gasteiger partial charge in [0.2, 0.25) is 0 Å². The lowest BCUT2D eigenvalue weighted by molar-refractivity contribution is 0.337.